The number of carboxylic acids is 1. The van der Waals surface area contributed by atoms with E-state index in [-0.39, 0.29) is 11.6 Å². The summed E-state index contributed by atoms with van der Waals surface area (Å²) in [6.07, 6.45) is 1.92. The molecule has 2 atom stereocenters. The zero-order chi connectivity index (χ0) is 16.7. The highest BCUT2D eigenvalue weighted by Gasteiger charge is 2.38. The number of hydrogen-bond acceptors (Lipinski definition) is 4. The van der Waals surface area contributed by atoms with Gasteiger partial charge < -0.3 is 15.0 Å². The molecule has 0 aliphatic carbocycles. The number of H-pyrrole nitrogens is 1. The molecular weight excluding hydrogens is 302 g/mol. The molecule has 0 spiro atoms. The number of carboxylic acid groups (broad SMARTS) is 1. The van der Waals surface area contributed by atoms with Crippen molar-refractivity contribution in [3.63, 3.8) is 0 Å². The molecule has 2 N–H and O–H groups in total. The van der Waals surface area contributed by atoms with Crippen LogP contribution in [0, 0.1) is 16.0 Å². The van der Waals surface area contributed by atoms with E-state index in [0.717, 1.165) is 0 Å². The molecule has 1 aliphatic heterocycles. The van der Waals surface area contributed by atoms with E-state index < -0.39 is 22.9 Å². The second kappa shape index (κ2) is 5.38. The van der Waals surface area contributed by atoms with Crippen molar-refractivity contribution in [2.45, 2.75) is 19.4 Å². The number of benzene rings is 1. The zero-order valence-electron chi connectivity index (χ0n) is 12.4. The topological polar surface area (TPSA) is 117 Å². The van der Waals surface area contributed by atoms with Crippen LogP contribution in [0.5, 0.6) is 0 Å². The predicted molar refractivity (Wildman–Crippen MR) is 81.2 cm³/mol. The van der Waals surface area contributed by atoms with Gasteiger partial charge in [-0.15, -0.1) is 0 Å². The molecule has 1 fully saturated rings. The Morgan fingerprint density at radius 1 is 1.43 bits per heavy atom. The van der Waals surface area contributed by atoms with E-state index in [9.17, 15) is 19.7 Å². The summed E-state index contributed by atoms with van der Waals surface area (Å²) in [5, 5.41) is 20.5. The van der Waals surface area contributed by atoms with E-state index in [1.165, 1.54) is 23.2 Å². The Kier molecular flexibility index (Phi) is 3.51. The standard InChI is InChI=1S/C15H15N3O5/c1-8-10(15(20)21)4-5-17(8)14(19)12-7-16-13-3-2-9(18(22)23)6-11(12)13/h2-3,6-8,10,16H,4-5H2,1H3,(H,20,21). The van der Waals surface area contributed by atoms with Crippen molar-refractivity contribution in [1.82, 2.24) is 9.88 Å². The molecule has 1 aromatic carbocycles. The molecule has 1 aliphatic rings. The van der Waals surface area contributed by atoms with Gasteiger partial charge in [0, 0.05) is 41.8 Å². The average Bonchev–Trinajstić information content (AvgIpc) is 3.09. The molecule has 8 heteroatoms. The maximum absolute atomic E-state index is 12.7. The molecule has 2 aromatic rings. The smallest absolute Gasteiger partial charge is 0.308 e. The number of rotatable bonds is 3. The fourth-order valence-corrected chi connectivity index (χ4v) is 3.11. The Morgan fingerprint density at radius 2 is 2.17 bits per heavy atom. The summed E-state index contributed by atoms with van der Waals surface area (Å²) in [6, 6.07) is 3.86. The van der Waals surface area contributed by atoms with Gasteiger partial charge in [0.25, 0.3) is 11.6 Å². The second-order valence-corrected chi connectivity index (χ2v) is 5.66. The van der Waals surface area contributed by atoms with Crippen molar-refractivity contribution < 1.29 is 19.6 Å². The number of nitro groups is 1. The van der Waals surface area contributed by atoms with Crippen molar-refractivity contribution in [2.24, 2.45) is 5.92 Å². The van der Waals surface area contributed by atoms with Gasteiger partial charge in [0.05, 0.1) is 16.4 Å². The lowest BCUT2D eigenvalue weighted by molar-refractivity contribution is -0.384. The SMILES string of the molecule is CC1C(C(=O)O)CCN1C(=O)c1c[nH]c2ccc([N+](=O)[O-])cc12. The molecule has 0 bridgehead atoms. The van der Waals surface area contributed by atoms with E-state index >= 15 is 0 Å². The number of nitrogens with zero attached hydrogens (tertiary/aromatic N) is 2. The lowest BCUT2D eigenvalue weighted by atomic mass is 10.0. The minimum absolute atomic E-state index is 0.0935. The first-order chi connectivity index (χ1) is 10.9. The van der Waals surface area contributed by atoms with E-state index in [1.54, 1.807) is 13.0 Å². The highest BCUT2D eigenvalue weighted by molar-refractivity contribution is 6.07. The molecule has 0 radical (unpaired) electrons. The normalized spacial score (nSPS) is 20.8. The van der Waals surface area contributed by atoms with Gasteiger partial charge >= 0.3 is 5.97 Å². The molecular formula is C15H15N3O5. The number of nitro benzene ring substituents is 1. The summed E-state index contributed by atoms with van der Waals surface area (Å²) in [4.78, 5) is 38.7. The van der Waals surface area contributed by atoms with Crippen LogP contribution < -0.4 is 0 Å². The van der Waals surface area contributed by atoms with Gasteiger partial charge in [0.15, 0.2) is 0 Å². The van der Waals surface area contributed by atoms with Crippen LogP contribution in [0.15, 0.2) is 24.4 Å². The number of likely N-dealkylation sites (tertiary alicyclic amines) is 1. The highest BCUT2D eigenvalue weighted by Crippen LogP contribution is 2.29. The molecule has 0 saturated carbocycles. The van der Waals surface area contributed by atoms with Crippen LogP contribution in [0.2, 0.25) is 0 Å². The van der Waals surface area contributed by atoms with Crippen LogP contribution in [-0.4, -0.2) is 44.4 Å². The number of aromatic nitrogens is 1. The third kappa shape index (κ3) is 2.41. The van der Waals surface area contributed by atoms with Crippen molar-refractivity contribution in [2.75, 3.05) is 6.54 Å². The minimum atomic E-state index is -0.914. The third-order valence-electron chi connectivity index (χ3n) is 4.44. The van der Waals surface area contributed by atoms with Crippen LogP contribution in [0.3, 0.4) is 0 Å². The summed E-state index contributed by atoms with van der Waals surface area (Å²) in [7, 11) is 0. The molecule has 1 saturated heterocycles. The Hall–Kier alpha value is -2.90. The number of hydrogen-bond donors (Lipinski definition) is 2. The Bertz CT molecular complexity index is 813. The first-order valence-electron chi connectivity index (χ1n) is 7.19. The number of amides is 1. The predicted octanol–water partition coefficient (Wildman–Crippen LogP) is 2.01. The summed E-state index contributed by atoms with van der Waals surface area (Å²) >= 11 is 0. The zero-order valence-corrected chi connectivity index (χ0v) is 12.4. The van der Waals surface area contributed by atoms with E-state index in [4.69, 9.17) is 5.11 Å². The molecule has 1 amide bonds. The molecule has 1 aromatic heterocycles. The van der Waals surface area contributed by atoms with Crippen LogP contribution >= 0.6 is 0 Å². The van der Waals surface area contributed by atoms with Gasteiger partial charge in [-0.05, 0) is 19.4 Å². The molecule has 2 unspecified atom stereocenters. The average molecular weight is 317 g/mol. The van der Waals surface area contributed by atoms with Crippen LogP contribution in [0.4, 0.5) is 5.69 Å². The number of fused-ring (bicyclic) bond motifs is 1. The molecule has 120 valence electrons. The summed E-state index contributed by atoms with van der Waals surface area (Å²) in [5.74, 6) is -1.81. The van der Waals surface area contributed by atoms with E-state index in [2.05, 4.69) is 4.98 Å². The number of nitrogens with one attached hydrogen (secondary N) is 1. The Labute approximate surface area is 130 Å². The minimum Gasteiger partial charge on any atom is -0.481 e. The first-order valence-corrected chi connectivity index (χ1v) is 7.19. The van der Waals surface area contributed by atoms with Crippen LogP contribution in [0.25, 0.3) is 10.9 Å². The maximum Gasteiger partial charge on any atom is 0.308 e. The monoisotopic (exact) mass is 317 g/mol. The van der Waals surface area contributed by atoms with Gasteiger partial charge in [-0.2, -0.15) is 0 Å². The molecule has 8 nitrogen and oxygen atoms in total. The fourth-order valence-electron chi connectivity index (χ4n) is 3.11. The largest absolute Gasteiger partial charge is 0.481 e. The number of carbonyl (C=O) groups excluding carboxylic acids is 1. The summed E-state index contributed by atoms with van der Waals surface area (Å²) in [6.45, 7) is 2.07. The van der Waals surface area contributed by atoms with Gasteiger partial charge in [0.2, 0.25) is 0 Å². The van der Waals surface area contributed by atoms with Crippen molar-refractivity contribution in [3.8, 4) is 0 Å². The lowest BCUT2D eigenvalue weighted by Gasteiger charge is -2.23. The molecule has 23 heavy (non-hydrogen) atoms. The fraction of sp³-hybridized carbons (Fsp3) is 0.333. The van der Waals surface area contributed by atoms with E-state index in [1.807, 2.05) is 0 Å². The quantitative estimate of drug-likeness (QED) is 0.663. The van der Waals surface area contributed by atoms with Gasteiger partial charge in [-0.3, -0.25) is 19.7 Å². The number of carbonyl (C=O) groups is 2. The molecule has 2 heterocycles. The maximum atomic E-state index is 12.7. The number of aliphatic carboxylic acids is 1. The lowest BCUT2D eigenvalue weighted by Crippen LogP contribution is -2.37. The second-order valence-electron chi connectivity index (χ2n) is 5.66. The van der Waals surface area contributed by atoms with Gasteiger partial charge in [0.1, 0.15) is 0 Å². The number of aromatic amines is 1. The number of non-ortho nitro benzene ring substituents is 1. The Balaban J connectivity index is 1.97. The molecule has 3 rings (SSSR count). The van der Waals surface area contributed by atoms with Gasteiger partial charge in [-0.1, -0.05) is 0 Å². The van der Waals surface area contributed by atoms with Crippen LogP contribution in [0.1, 0.15) is 23.7 Å². The van der Waals surface area contributed by atoms with E-state index in [0.29, 0.717) is 29.4 Å². The van der Waals surface area contributed by atoms with Crippen LogP contribution in [-0.2, 0) is 4.79 Å². The van der Waals surface area contributed by atoms with Crippen molar-refractivity contribution in [3.05, 3.63) is 40.1 Å². The van der Waals surface area contributed by atoms with Gasteiger partial charge in [-0.25, -0.2) is 0 Å². The third-order valence-corrected chi connectivity index (χ3v) is 4.44. The summed E-state index contributed by atoms with van der Waals surface area (Å²) < 4.78 is 0. The Morgan fingerprint density at radius 3 is 2.78 bits per heavy atom. The van der Waals surface area contributed by atoms with Crippen molar-refractivity contribution >= 4 is 28.5 Å². The first kappa shape index (κ1) is 15.0. The highest BCUT2D eigenvalue weighted by atomic mass is 16.6. The summed E-state index contributed by atoms with van der Waals surface area (Å²) in [5.41, 5.74) is 0.853. The van der Waals surface area contributed by atoms with Crippen molar-refractivity contribution in [1.29, 1.82) is 0 Å².